The van der Waals surface area contributed by atoms with Crippen molar-refractivity contribution in [2.24, 2.45) is 5.92 Å². The molecule has 1 aliphatic carbocycles. The lowest BCUT2D eigenvalue weighted by Crippen LogP contribution is -2.40. The van der Waals surface area contributed by atoms with Gasteiger partial charge in [0, 0.05) is 29.3 Å². The Hall–Kier alpha value is -2.08. The van der Waals surface area contributed by atoms with E-state index in [1.165, 1.54) is 7.11 Å². The number of rotatable bonds is 3. The maximum atomic E-state index is 12.7. The van der Waals surface area contributed by atoms with Crippen LogP contribution in [-0.2, 0) is 14.3 Å². The lowest BCUT2D eigenvalue weighted by molar-refractivity contribution is -0.144. The van der Waals surface area contributed by atoms with Crippen LogP contribution in [0.5, 0.6) is 5.75 Å². The molecule has 0 fully saturated rings. The first-order valence-electron chi connectivity index (χ1n) is 8.11. The van der Waals surface area contributed by atoms with Crippen molar-refractivity contribution in [3.63, 3.8) is 0 Å². The summed E-state index contributed by atoms with van der Waals surface area (Å²) in [4.78, 5) is 25.1. The Morgan fingerprint density at radius 3 is 2.72 bits per heavy atom. The Morgan fingerprint density at radius 2 is 2.08 bits per heavy atom. The van der Waals surface area contributed by atoms with Crippen molar-refractivity contribution in [1.82, 2.24) is 5.32 Å². The Kier molecular flexibility index (Phi) is 4.99. The van der Waals surface area contributed by atoms with E-state index in [0.717, 1.165) is 28.6 Å². The van der Waals surface area contributed by atoms with E-state index in [2.05, 4.69) is 27.8 Å². The molecule has 0 saturated carbocycles. The smallest absolute Gasteiger partial charge is 0.315 e. The summed E-state index contributed by atoms with van der Waals surface area (Å²) in [6.07, 6.45) is 2.08. The van der Waals surface area contributed by atoms with Crippen LogP contribution in [0, 0.1) is 5.92 Å². The van der Waals surface area contributed by atoms with Crippen LogP contribution in [0.15, 0.2) is 46.2 Å². The van der Waals surface area contributed by atoms with Crippen LogP contribution in [0.4, 0.5) is 0 Å². The van der Waals surface area contributed by atoms with Crippen LogP contribution in [0.3, 0.4) is 0 Å². The number of ketones is 1. The van der Waals surface area contributed by atoms with Crippen molar-refractivity contribution in [3.8, 4) is 5.75 Å². The summed E-state index contributed by atoms with van der Waals surface area (Å²) in [5.41, 5.74) is 2.97. The summed E-state index contributed by atoms with van der Waals surface area (Å²) in [6.45, 7) is 4.02. The molecule has 1 heterocycles. The summed E-state index contributed by atoms with van der Waals surface area (Å²) in [7, 11) is 2.94. The molecule has 0 radical (unpaired) electrons. The van der Waals surface area contributed by atoms with Gasteiger partial charge in [0.05, 0.1) is 18.7 Å². The third-order valence-corrected chi connectivity index (χ3v) is 5.40. The predicted octanol–water partition coefficient (Wildman–Crippen LogP) is 3.45. The first-order chi connectivity index (χ1) is 12.0. The third kappa shape index (κ3) is 3.11. The van der Waals surface area contributed by atoms with E-state index >= 15 is 0 Å². The minimum Gasteiger partial charge on any atom is -0.496 e. The normalized spacial score (nSPS) is 23.0. The molecule has 0 bridgehead atoms. The van der Waals surface area contributed by atoms with Crippen molar-refractivity contribution in [2.75, 3.05) is 14.2 Å². The molecule has 2 unspecified atom stereocenters. The highest BCUT2D eigenvalue weighted by molar-refractivity contribution is 9.10. The molecule has 25 heavy (non-hydrogen) atoms. The molecule has 0 aromatic heterocycles. The second-order valence-electron chi connectivity index (χ2n) is 6.19. The van der Waals surface area contributed by atoms with E-state index in [1.54, 1.807) is 7.11 Å². The molecule has 1 N–H and O–H groups in total. The number of Topliss-reactive ketones (excluding diaryl/α,β-unsaturated/α-hetero) is 1. The maximum Gasteiger partial charge on any atom is 0.315 e. The van der Waals surface area contributed by atoms with Crippen LogP contribution in [0.2, 0.25) is 0 Å². The molecule has 1 aliphatic heterocycles. The molecule has 2 aliphatic rings. The molecule has 6 heteroatoms. The molecule has 1 aromatic rings. The molecule has 1 aromatic carbocycles. The molecular formula is C19H20BrNO4. The molecule has 3 rings (SSSR count). The molecule has 0 saturated heterocycles. The van der Waals surface area contributed by atoms with E-state index in [-0.39, 0.29) is 5.78 Å². The van der Waals surface area contributed by atoms with E-state index in [4.69, 9.17) is 9.47 Å². The first-order valence-corrected chi connectivity index (χ1v) is 8.90. The van der Waals surface area contributed by atoms with Crippen LogP contribution in [0.25, 0.3) is 0 Å². The fourth-order valence-corrected chi connectivity index (χ4v) is 4.19. The van der Waals surface area contributed by atoms with Gasteiger partial charge < -0.3 is 14.8 Å². The number of halogens is 1. The second-order valence-corrected chi connectivity index (χ2v) is 7.05. The Balaban J connectivity index is 2.17. The van der Waals surface area contributed by atoms with E-state index < -0.39 is 17.8 Å². The van der Waals surface area contributed by atoms with Crippen LogP contribution < -0.4 is 10.1 Å². The molecule has 2 atom stereocenters. The molecule has 0 spiro atoms. The van der Waals surface area contributed by atoms with Gasteiger partial charge in [0.25, 0.3) is 0 Å². The summed E-state index contributed by atoms with van der Waals surface area (Å²) in [5, 5.41) is 3.18. The monoisotopic (exact) mass is 405 g/mol. The van der Waals surface area contributed by atoms with Crippen molar-refractivity contribution < 1.29 is 19.1 Å². The van der Waals surface area contributed by atoms with Gasteiger partial charge in [-0.05, 0) is 46.5 Å². The number of ether oxygens (including phenoxy) is 2. The summed E-state index contributed by atoms with van der Waals surface area (Å²) in [6, 6.07) is 5.60. The average Bonchev–Trinajstić information content (AvgIpc) is 2.60. The lowest BCUT2D eigenvalue weighted by atomic mass is 9.71. The number of hydrogen-bond acceptors (Lipinski definition) is 5. The topological polar surface area (TPSA) is 64.6 Å². The minimum atomic E-state index is -0.647. The van der Waals surface area contributed by atoms with Gasteiger partial charge in [-0.3, -0.25) is 9.59 Å². The number of nitrogens with one attached hydrogen (secondary N) is 1. The van der Waals surface area contributed by atoms with Gasteiger partial charge in [0.2, 0.25) is 0 Å². The zero-order valence-corrected chi connectivity index (χ0v) is 15.8. The highest BCUT2D eigenvalue weighted by Crippen LogP contribution is 2.45. The maximum absolute atomic E-state index is 12.7. The van der Waals surface area contributed by atoms with Gasteiger partial charge >= 0.3 is 5.97 Å². The Bertz CT molecular complexity index is 784. The van der Waals surface area contributed by atoms with Crippen molar-refractivity contribution >= 4 is 27.7 Å². The summed E-state index contributed by atoms with van der Waals surface area (Å²) in [5.74, 6) is -0.695. The summed E-state index contributed by atoms with van der Waals surface area (Å²) < 4.78 is 11.0. The standard InChI is InChI=1S/C19H20BrNO4/c1-10-16(19(23)25-3)17(11-7-8-15(24-2)12(20)9-11)18-13(21-10)5-4-6-14(18)22/h7-9,16-17,21H,1,4-6H2,2-3H3. The summed E-state index contributed by atoms with van der Waals surface area (Å²) >= 11 is 3.49. The van der Waals surface area contributed by atoms with Crippen LogP contribution in [0.1, 0.15) is 30.7 Å². The van der Waals surface area contributed by atoms with Crippen LogP contribution >= 0.6 is 15.9 Å². The highest BCUT2D eigenvalue weighted by atomic mass is 79.9. The van der Waals surface area contributed by atoms with Gasteiger partial charge in [-0.1, -0.05) is 12.6 Å². The number of esters is 1. The fraction of sp³-hybridized carbons (Fsp3) is 0.368. The molecule has 0 amide bonds. The molecular weight excluding hydrogens is 386 g/mol. The Morgan fingerprint density at radius 1 is 1.32 bits per heavy atom. The minimum absolute atomic E-state index is 0.0760. The number of carbonyl (C=O) groups is 2. The fourth-order valence-electron chi connectivity index (χ4n) is 3.63. The number of allylic oxidation sites excluding steroid dienone is 2. The highest BCUT2D eigenvalue weighted by Gasteiger charge is 2.43. The number of carbonyl (C=O) groups excluding carboxylic acids is 2. The number of hydrogen-bond donors (Lipinski definition) is 1. The van der Waals surface area contributed by atoms with E-state index in [9.17, 15) is 9.59 Å². The van der Waals surface area contributed by atoms with Gasteiger partial charge in [-0.15, -0.1) is 0 Å². The second kappa shape index (κ2) is 7.04. The van der Waals surface area contributed by atoms with Gasteiger partial charge in [0.15, 0.2) is 5.78 Å². The average molecular weight is 406 g/mol. The first kappa shape index (κ1) is 17.7. The van der Waals surface area contributed by atoms with Crippen molar-refractivity contribution in [2.45, 2.75) is 25.2 Å². The van der Waals surface area contributed by atoms with Crippen molar-refractivity contribution in [3.05, 3.63) is 51.8 Å². The lowest BCUT2D eigenvalue weighted by Gasteiger charge is -2.38. The predicted molar refractivity (Wildman–Crippen MR) is 97.1 cm³/mol. The SMILES string of the molecule is C=C1NC2=C(C(=O)CCC2)C(c2ccc(OC)c(Br)c2)C1C(=O)OC. The van der Waals surface area contributed by atoms with E-state index in [0.29, 0.717) is 23.4 Å². The van der Waals surface area contributed by atoms with Crippen molar-refractivity contribution in [1.29, 1.82) is 0 Å². The number of methoxy groups -OCH3 is 2. The number of benzene rings is 1. The zero-order valence-electron chi connectivity index (χ0n) is 14.2. The molecule has 5 nitrogen and oxygen atoms in total. The third-order valence-electron chi connectivity index (χ3n) is 4.78. The zero-order chi connectivity index (χ0) is 18.1. The van der Waals surface area contributed by atoms with Gasteiger partial charge in [0.1, 0.15) is 11.7 Å². The van der Waals surface area contributed by atoms with E-state index in [1.807, 2.05) is 18.2 Å². The Labute approximate surface area is 155 Å². The van der Waals surface area contributed by atoms with Gasteiger partial charge in [-0.25, -0.2) is 0 Å². The van der Waals surface area contributed by atoms with Crippen LogP contribution in [-0.4, -0.2) is 26.0 Å². The van der Waals surface area contributed by atoms with Gasteiger partial charge in [-0.2, -0.15) is 0 Å². The largest absolute Gasteiger partial charge is 0.496 e. The quantitative estimate of drug-likeness (QED) is 0.780. The molecule has 132 valence electrons.